The lowest BCUT2D eigenvalue weighted by molar-refractivity contribution is 0.0677. The van der Waals surface area contributed by atoms with Crippen molar-refractivity contribution in [3.63, 3.8) is 0 Å². The summed E-state index contributed by atoms with van der Waals surface area (Å²) in [5.74, 6) is -1.63. The Morgan fingerprint density at radius 2 is 2.10 bits per heavy atom. The summed E-state index contributed by atoms with van der Waals surface area (Å²) < 4.78 is 1.61. The fraction of sp³-hybridized carbons (Fsp3) is 0.381. The number of halogens is 1. The number of amides is 2. The number of fused-ring (bicyclic) bond motifs is 4. The third-order valence-electron chi connectivity index (χ3n) is 5.63. The van der Waals surface area contributed by atoms with Crippen LogP contribution in [-0.2, 0) is 6.54 Å². The fourth-order valence-electron chi connectivity index (χ4n) is 4.03. The third kappa shape index (κ3) is 3.51. The second kappa shape index (κ2) is 7.55. The predicted octanol–water partition coefficient (Wildman–Crippen LogP) is 2.63. The van der Waals surface area contributed by atoms with Gasteiger partial charge < -0.3 is 19.9 Å². The number of nitrogens with one attached hydrogen (secondary N) is 1. The van der Waals surface area contributed by atoms with Gasteiger partial charge in [0.2, 0.25) is 5.43 Å². The highest BCUT2D eigenvalue weighted by atomic mass is 35.5. The Kier molecular flexibility index (Phi) is 5.08. The molecule has 1 aromatic heterocycles. The highest BCUT2D eigenvalue weighted by Gasteiger charge is 2.36. The first-order valence-corrected chi connectivity index (χ1v) is 10.0. The first-order chi connectivity index (χ1) is 13.9. The topological polar surface area (TPSA) is 91.6 Å². The molecule has 2 aliphatic rings. The van der Waals surface area contributed by atoms with Crippen molar-refractivity contribution in [1.29, 1.82) is 0 Å². The van der Waals surface area contributed by atoms with E-state index in [-0.39, 0.29) is 29.8 Å². The molecule has 1 fully saturated rings. The van der Waals surface area contributed by atoms with E-state index in [1.54, 1.807) is 15.5 Å². The molecule has 1 aromatic carbocycles. The van der Waals surface area contributed by atoms with Crippen molar-refractivity contribution in [2.45, 2.75) is 38.8 Å². The van der Waals surface area contributed by atoms with E-state index >= 15 is 0 Å². The number of carbonyl (C=O) groups excluding carboxylic acids is 2. The molecule has 2 amide bonds. The standard InChI is InChI=1S/C21H22ClN3O4/c1-12-5-6-13(16(22)8-12)9-23-20(28)15-11-25-14-4-2-3-7-24(10-14)21(29)17(25)19(27)18(15)26/h5-6,8,11,14,27H,2-4,7,9-10H2,1H3,(H,23,28). The second-order valence-corrected chi connectivity index (χ2v) is 8.06. The van der Waals surface area contributed by atoms with Crippen molar-refractivity contribution in [3.05, 3.63) is 62.0 Å². The van der Waals surface area contributed by atoms with Gasteiger partial charge in [-0.25, -0.2) is 0 Å². The van der Waals surface area contributed by atoms with Crippen LogP contribution in [0.1, 0.15) is 57.3 Å². The van der Waals surface area contributed by atoms with E-state index in [1.165, 1.54) is 6.20 Å². The molecule has 0 spiro atoms. The van der Waals surface area contributed by atoms with Gasteiger partial charge in [-0.2, -0.15) is 0 Å². The molecule has 0 radical (unpaired) electrons. The van der Waals surface area contributed by atoms with Crippen LogP contribution in [0, 0.1) is 6.92 Å². The van der Waals surface area contributed by atoms with Crippen LogP contribution < -0.4 is 10.7 Å². The van der Waals surface area contributed by atoms with Gasteiger partial charge in [0.25, 0.3) is 11.8 Å². The van der Waals surface area contributed by atoms with E-state index in [4.69, 9.17) is 11.6 Å². The Morgan fingerprint density at radius 3 is 2.86 bits per heavy atom. The zero-order valence-electron chi connectivity index (χ0n) is 16.1. The number of pyridine rings is 1. The van der Waals surface area contributed by atoms with E-state index in [9.17, 15) is 19.5 Å². The fourth-order valence-corrected chi connectivity index (χ4v) is 4.33. The molecule has 0 saturated carbocycles. The zero-order chi connectivity index (χ0) is 20.7. The first kappa shape index (κ1) is 19.5. The van der Waals surface area contributed by atoms with Gasteiger partial charge in [-0.1, -0.05) is 23.7 Å². The van der Waals surface area contributed by atoms with E-state index in [1.807, 2.05) is 19.1 Å². The maximum Gasteiger partial charge on any atom is 0.274 e. The smallest absolute Gasteiger partial charge is 0.274 e. The summed E-state index contributed by atoms with van der Waals surface area (Å²) in [7, 11) is 0. The molecule has 29 heavy (non-hydrogen) atoms. The van der Waals surface area contributed by atoms with Crippen LogP contribution in [0.2, 0.25) is 5.02 Å². The number of rotatable bonds is 3. The molecule has 2 aromatic rings. The maximum absolute atomic E-state index is 12.7. The lowest BCUT2D eigenvalue weighted by Gasteiger charge is -2.34. The summed E-state index contributed by atoms with van der Waals surface area (Å²) in [6.07, 6.45) is 4.05. The number of aromatic hydroxyl groups is 1. The molecule has 4 rings (SSSR count). The molecule has 2 aliphatic heterocycles. The lowest BCUT2D eigenvalue weighted by atomic mass is 10.1. The SMILES string of the molecule is Cc1ccc(CNC(=O)c2cn3c(c(O)c2=O)C(=O)N2CCCCC3C2)c(Cl)c1. The number of hydrogen-bond donors (Lipinski definition) is 2. The normalized spacial score (nSPS) is 18.2. The highest BCUT2D eigenvalue weighted by molar-refractivity contribution is 6.31. The Labute approximate surface area is 172 Å². The van der Waals surface area contributed by atoms with Crippen LogP contribution in [-0.4, -0.2) is 39.5 Å². The largest absolute Gasteiger partial charge is 0.503 e. The molecule has 7 nitrogen and oxygen atoms in total. The number of hydrogen-bond acceptors (Lipinski definition) is 4. The Bertz CT molecular complexity index is 1060. The van der Waals surface area contributed by atoms with Crippen molar-refractivity contribution < 1.29 is 14.7 Å². The van der Waals surface area contributed by atoms with Crippen molar-refractivity contribution in [1.82, 2.24) is 14.8 Å². The molecule has 0 aliphatic carbocycles. The van der Waals surface area contributed by atoms with Crippen LogP contribution in [0.5, 0.6) is 5.75 Å². The first-order valence-electron chi connectivity index (χ1n) is 9.67. The highest BCUT2D eigenvalue weighted by Crippen LogP contribution is 2.31. The summed E-state index contributed by atoms with van der Waals surface area (Å²) in [5.41, 5.74) is 0.691. The Hall–Kier alpha value is -2.80. The molecule has 152 valence electrons. The number of benzene rings is 1. The van der Waals surface area contributed by atoms with Gasteiger partial charge >= 0.3 is 0 Å². The molecule has 1 atom stereocenters. The zero-order valence-corrected chi connectivity index (χ0v) is 16.8. The van der Waals surface area contributed by atoms with Gasteiger partial charge in [-0.15, -0.1) is 0 Å². The van der Waals surface area contributed by atoms with Gasteiger partial charge in [-0.05, 0) is 43.4 Å². The second-order valence-electron chi connectivity index (χ2n) is 7.65. The molecule has 2 N–H and O–H groups in total. The van der Waals surface area contributed by atoms with Crippen LogP contribution in [0.15, 0.2) is 29.2 Å². The number of nitrogens with zero attached hydrogens (tertiary/aromatic N) is 2. The molecule has 1 saturated heterocycles. The van der Waals surface area contributed by atoms with Crippen molar-refractivity contribution in [3.8, 4) is 5.75 Å². The quantitative estimate of drug-likeness (QED) is 0.806. The maximum atomic E-state index is 12.7. The minimum atomic E-state index is -0.836. The Balaban J connectivity index is 1.66. The summed E-state index contributed by atoms with van der Waals surface area (Å²) in [6.45, 7) is 3.20. The van der Waals surface area contributed by atoms with Gasteiger partial charge in [0.1, 0.15) is 5.56 Å². The van der Waals surface area contributed by atoms with Crippen molar-refractivity contribution >= 4 is 23.4 Å². The van der Waals surface area contributed by atoms with Gasteiger partial charge in [-0.3, -0.25) is 14.4 Å². The number of carbonyl (C=O) groups is 2. The van der Waals surface area contributed by atoms with Crippen LogP contribution in [0.4, 0.5) is 0 Å². The minimum absolute atomic E-state index is 0.0220. The number of aromatic nitrogens is 1. The summed E-state index contributed by atoms with van der Waals surface area (Å²) in [6, 6.07) is 5.44. The van der Waals surface area contributed by atoms with E-state index in [0.717, 1.165) is 30.4 Å². The molecule has 8 heteroatoms. The third-order valence-corrected chi connectivity index (χ3v) is 5.98. The molecule has 3 heterocycles. The predicted molar refractivity (Wildman–Crippen MR) is 109 cm³/mol. The molecular weight excluding hydrogens is 394 g/mol. The van der Waals surface area contributed by atoms with Gasteiger partial charge in [0.05, 0.1) is 6.04 Å². The van der Waals surface area contributed by atoms with Crippen LogP contribution >= 0.6 is 11.6 Å². The Morgan fingerprint density at radius 1 is 1.31 bits per heavy atom. The van der Waals surface area contributed by atoms with E-state index < -0.39 is 17.1 Å². The van der Waals surface area contributed by atoms with Crippen molar-refractivity contribution in [2.75, 3.05) is 13.1 Å². The van der Waals surface area contributed by atoms with E-state index in [0.29, 0.717) is 18.1 Å². The average Bonchev–Trinajstić information content (AvgIpc) is 2.91. The monoisotopic (exact) mass is 415 g/mol. The average molecular weight is 416 g/mol. The van der Waals surface area contributed by atoms with Crippen molar-refractivity contribution in [2.24, 2.45) is 0 Å². The molecule has 2 bridgehead atoms. The van der Waals surface area contributed by atoms with Gasteiger partial charge in [0.15, 0.2) is 11.4 Å². The molecule has 1 unspecified atom stereocenters. The van der Waals surface area contributed by atoms with E-state index in [2.05, 4.69) is 5.32 Å². The summed E-state index contributed by atoms with van der Waals surface area (Å²) >= 11 is 6.20. The lowest BCUT2D eigenvalue weighted by Crippen LogP contribution is -2.44. The summed E-state index contributed by atoms with van der Waals surface area (Å²) in [5, 5.41) is 13.7. The van der Waals surface area contributed by atoms with Crippen LogP contribution in [0.3, 0.4) is 0 Å². The summed E-state index contributed by atoms with van der Waals surface area (Å²) in [4.78, 5) is 39.7. The minimum Gasteiger partial charge on any atom is -0.503 e. The van der Waals surface area contributed by atoms with Crippen LogP contribution in [0.25, 0.3) is 0 Å². The number of aryl methyl sites for hydroxylation is 1. The molecular formula is C21H22ClN3O4. The van der Waals surface area contributed by atoms with Gasteiger partial charge in [0, 0.05) is 30.9 Å².